The number of halogens is 2. The van der Waals surface area contributed by atoms with Crippen molar-refractivity contribution in [1.29, 1.82) is 0 Å². The number of pyridine rings is 1. The van der Waals surface area contributed by atoms with Crippen LogP contribution in [0.25, 0.3) is 0 Å². The van der Waals surface area contributed by atoms with Gasteiger partial charge in [-0.2, -0.15) is 0 Å². The summed E-state index contributed by atoms with van der Waals surface area (Å²) in [6, 6.07) is 9.43. The minimum absolute atomic E-state index is 0.0201. The fourth-order valence-electron chi connectivity index (χ4n) is 1.17. The van der Waals surface area contributed by atoms with Gasteiger partial charge in [0, 0.05) is 0 Å². The predicted molar refractivity (Wildman–Crippen MR) is 70.1 cm³/mol. The summed E-state index contributed by atoms with van der Waals surface area (Å²) in [7, 11) is 0. The van der Waals surface area contributed by atoms with Crippen LogP contribution in [0.1, 0.15) is 0 Å². The number of nitrogens with two attached hydrogens (primary N) is 1. The summed E-state index contributed by atoms with van der Waals surface area (Å²) in [5.74, 6) is 0. The van der Waals surface area contributed by atoms with Crippen LogP contribution in [0.5, 0.6) is 0 Å². The monoisotopic (exact) mass is 318 g/mol. The van der Waals surface area contributed by atoms with Gasteiger partial charge in [0.1, 0.15) is 0 Å². The molecule has 0 aliphatic heterocycles. The third-order valence-corrected chi connectivity index (χ3v) is 5.60. The van der Waals surface area contributed by atoms with Crippen LogP contribution in [0.4, 0.5) is 5.69 Å². The van der Waals surface area contributed by atoms with E-state index >= 15 is 0 Å². The molecule has 0 aliphatic rings. The molecular weight excluding hydrogens is 310 g/mol. The molecule has 5 heteroatoms. The van der Waals surface area contributed by atoms with Gasteiger partial charge in [-0.3, -0.25) is 0 Å². The zero-order valence-corrected chi connectivity index (χ0v) is 11.4. The Morgan fingerprint density at radius 2 is 1.88 bits per heavy atom. The van der Waals surface area contributed by atoms with Crippen molar-refractivity contribution in [3.63, 3.8) is 0 Å². The second kappa shape index (κ2) is 5.07. The minimum atomic E-state index is -0.0201. The first-order valence-electron chi connectivity index (χ1n) is 4.51. The van der Waals surface area contributed by atoms with Crippen molar-refractivity contribution >= 4 is 52.8 Å². The van der Waals surface area contributed by atoms with Gasteiger partial charge in [-0.15, -0.1) is 0 Å². The van der Waals surface area contributed by atoms with E-state index in [0.717, 1.165) is 13.9 Å². The van der Waals surface area contributed by atoms with Gasteiger partial charge in [0.15, 0.2) is 0 Å². The third-order valence-electron chi connectivity index (χ3n) is 1.94. The summed E-state index contributed by atoms with van der Waals surface area (Å²) in [6.07, 6.45) is 1.60. The number of benzene rings is 1. The van der Waals surface area contributed by atoms with Crippen LogP contribution >= 0.6 is 23.2 Å². The maximum atomic E-state index is 6.09. The molecule has 0 saturated carbocycles. The van der Waals surface area contributed by atoms with Gasteiger partial charge in [-0.1, -0.05) is 0 Å². The van der Waals surface area contributed by atoms with E-state index in [0.29, 0.717) is 10.8 Å². The van der Waals surface area contributed by atoms with Gasteiger partial charge in [-0.25, -0.2) is 0 Å². The molecule has 0 spiro atoms. The molecule has 16 heavy (non-hydrogen) atoms. The maximum absolute atomic E-state index is 6.09. The molecule has 0 fully saturated rings. The van der Waals surface area contributed by atoms with E-state index in [1.54, 1.807) is 12.3 Å². The van der Waals surface area contributed by atoms with E-state index in [-0.39, 0.29) is 15.0 Å². The standard InChI is InChI=1S/C11H8Cl2N2Se/c12-7-3-1-2-4-9(7)16-10-8(14)5-6-15-11(10)13/h1-6H,(H2,14,15). The molecule has 0 radical (unpaired) electrons. The van der Waals surface area contributed by atoms with Crippen LogP contribution in [-0.4, -0.2) is 19.9 Å². The Labute approximate surface area is 110 Å². The summed E-state index contributed by atoms with van der Waals surface area (Å²) >= 11 is 12.1. The van der Waals surface area contributed by atoms with Crippen LogP contribution in [0.2, 0.25) is 10.2 Å². The number of hydrogen-bond donors (Lipinski definition) is 1. The van der Waals surface area contributed by atoms with E-state index < -0.39 is 0 Å². The fraction of sp³-hybridized carbons (Fsp3) is 0. The molecule has 0 saturated heterocycles. The molecular formula is C11H8Cl2N2Se. The molecule has 0 atom stereocenters. The molecule has 0 aliphatic carbocycles. The van der Waals surface area contributed by atoms with E-state index in [4.69, 9.17) is 28.9 Å². The Morgan fingerprint density at radius 3 is 2.56 bits per heavy atom. The number of anilines is 1. The Bertz CT molecular complexity index is 497. The number of hydrogen-bond acceptors (Lipinski definition) is 2. The Morgan fingerprint density at radius 1 is 1.12 bits per heavy atom. The number of nitrogens with zero attached hydrogens (tertiary/aromatic N) is 1. The average molecular weight is 318 g/mol. The van der Waals surface area contributed by atoms with Crippen LogP contribution < -0.4 is 14.7 Å². The zero-order valence-electron chi connectivity index (χ0n) is 8.15. The first-order valence-corrected chi connectivity index (χ1v) is 6.98. The number of aromatic nitrogens is 1. The fourth-order valence-corrected chi connectivity index (χ4v) is 3.67. The SMILES string of the molecule is Nc1ccnc(Cl)c1[Se]c1ccccc1Cl. The molecule has 1 aromatic carbocycles. The molecule has 0 amide bonds. The first kappa shape index (κ1) is 11.7. The van der Waals surface area contributed by atoms with E-state index in [9.17, 15) is 0 Å². The van der Waals surface area contributed by atoms with E-state index in [1.807, 2.05) is 24.3 Å². The van der Waals surface area contributed by atoms with Crippen molar-refractivity contribution in [2.75, 3.05) is 5.73 Å². The van der Waals surface area contributed by atoms with Crippen LogP contribution in [0.3, 0.4) is 0 Å². The summed E-state index contributed by atoms with van der Waals surface area (Å²) < 4.78 is 1.93. The molecule has 1 aromatic heterocycles. The summed E-state index contributed by atoms with van der Waals surface area (Å²) in [6.45, 7) is 0. The van der Waals surface area contributed by atoms with E-state index in [1.165, 1.54) is 0 Å². The van der Waals surface area contributed by atoms with Crippen molar-refractivity contribution in [1.82, 2.24) is 4.98 Å². The molecule has 82 valence electrons. The van der Waals surface area contributed by atoms with E-state index in [2.05, 4.69) is 4.98 Å². The van der Waals surface area contributed by atoms with Crippen molar-refractivity contribution in [3.05, 3.63) is 46.7 Å². The second-order valence-corrected chi connectivity index (χ2v) is 6.03. The van der Waals surface area contributed by atoms with Crippen molar-refractivity contribution in [2.24, 2.45) is 0 Å². The molecule has 0 bridgehead atoms. The van der Waals surface area contributed by atoms with Crippen molar-refractivity contribution < 1.29 is 0 Å². The van der Waals surface area contributed by atoms with Gasteiger partial charge in [0.2, 0.25) is 0 Å². The molecule has 1 heterocycles. The number of rotatable bonds is 2. The topological polar surface area (TPSA) is 38.9 Å². The van der Waals surface area contributed by atoms with Gasteiger partial charge in [-0.05, 0) is 0 Å². The second-order valence-electron chi connectivity index (χ2n) is 3.05. The van der Waals surface area contributed by atoms with Gasteiger partial charge < -0.3 is 0 Å². The Kier molecular flexibility index (Phi) is 3.72. The summed E-state index contributed by atoms with van der Waals surface area (Å²) in [5.41, 5.74) is 6.53. The van der Waals surface area contributed by atoms with Gasteiger partial charge >= 0.3 is 110 Å². The predicted octanol–water partition coefficient (Wildman–Crippen LogP) is 1.63. The van der Waals surface area contributed by atoms with Crippen LogP contribution in [-0.2, 0) is 0 Å². The quantitative estimate of drug-likeness (QED) is 0.675. The normalized spacial score (nSPS) is 10.4. The van der Waals surface area contributed by atoms with Crippen LogP contribution in [0, 0.1) is 0 Å². The Balaban J connectivity index is 2.38. The van der Waals surface area contributed by atoms with Crippen molar-refractivity contribution in [3.8, 4) is 0 Å². The summed E-state index contributed by atoms with van der Waals surface area (Å²) in [4.78, 5) is 4.02. The molecule has 2 N–H and O–H groups in total. The molecule has 2 aromatic rings. The molecule has 2 rings (SSSR count). The molecule has 0 unspecified atom stereocenters. The first-order chi connectivity index (χ1) is 7.68. The van der Waals surface area contributed by atoms with Gasteiger partial charge in [0.25, 0.3) is 0 Å². The van der Waals surface area contributed by atoms with Crippen molar-refractivity contribution in [2.45, 2.75) is 0 Å². The van der Waals surface area contributed by atoms with Crippen LogP contribution in [0.15, 0.2) is 36.5 Å². The van der Waals surface area contributed by atoms with Gasteiger partial charge in [0.05, 0.1) is 0 Å². The average Bonchev–Trinajstić information content (AvgIpc) is 2.26. The third kappa shape index (κ3) is 2.50. The molecule has 2 nitrogen and oxygen atoms in total. The zero-order chi connectivity index (χ0) is 11.5. The summed E-state index contributed by atoms with van der Waals surface area (Å²) in [5, 5.41) is 1.20. The Hall–Kier alpha value is -0.731. The number of nitrogen functional groups attached to an aromatic ring is 1.